The molecule has 0 aliphatic heterocycles. The van der Waals surface area contributed by atoms with Gasteiger partial charge in [0.05, 0.1) is 10.6 Å². The molecule has 3 nitrogen and oxygen atoms in total. The van der Waals surface area contributed by atoms with Crippen molar-refractivity contribution in [3.63, 3.8) is 0 Å². The van der Waals surface area contributed by atoms with E-state index in [1.807, 2.05) is 32.2 Å². The molecule has 17 heavy (non-hydrogen) atoms. The average molecular weight is 331 g/mol. The van der Waals surface area contributed by atoms with E-state index in [1.165, 1.54) is 22.9 Å². The minimum atomic E-state index is -0.165. The normalized spacial score (nSPS) is 11.8. The van der Waals surface area contributed by atoms with Gasteiger partial charge in [0.1, 0.15) is 4.88 Å². The molecule has 0 N–H and O–H groups in total. The van der Waals surface area contributed by atoms with Crippen molar-refractivity contribution in [1.29, 1.82) is 0 Å². The van der Waals surface area contributed by atoms with Crippen LogP contribution in [0.25, 0.3) is 0 Å². The lowest BCUT2D eigenvalue weighted by Crippen LogP contribution is -2.16. The van der Waals surface area contributed by atoms with Gasteiger partial charge >= 0.3 is 0 Å². The first-order chi connectivity index (χ1) is 7.91. The van der Waals surface area contributed by atoms with E-state index < -0.39 is 0 Å². The summed E-state index contributed by atoms with van der Waals surface area (Å²) in [6.07, 6.45) is 0. The van der Waals surface area contributed by atoms with Crippen molar-refractivity contribution in [3.8, 4) is 0 Å². The second-order valence-corrected chi connectivity index (χ2v) is 7.15. The molecule has 0 aliphatic rings. The summed E-state index contributed by atoms with van der Waals surface area (Å²) in [4.78, 5) is 13.7. The molecule has 2 rings (SSSR count). The molecular weight excluding hydrogens is 320 g/mol. The molecule has 0 amide bonds. The number of thiophene rings is 1. The Bertz CT molecular complexity index is 554. The highest BCUT2D eigenvalue weighted by Gasteiger charge is 2.28. The van der Waals surface area contributed by atoms with Crippen molar-refractivity contribution >= 4 is 44.6 Å². The summed E-state index contributed by atoms with van der Waals surface area (Å²) in [5.41, 5.74) is 0.606. The van der Waals surface area contributed by atoms with Gasteiger partial charge in [0.25, 0.3) is 0 Å². The lowest BCUT2D eigenvalue weighted by Gasteiger charge is -2.15. The van der Waals surface area contributed by atoms with Gasteiger partial charge in [0, 0.05) is 9.89 Å². The summed E-state index contributed by atoms with van der Waals surface area (Å²) >= 11 is 5.98. The van der Waals surface area contributed by atoms with Crippen LogP contribution in [0, 0.1) is 0 Å². The molecule has 0 fully saturated rings. The van der Waals surface area contributed by atoms with Crippen LogP contribution >= 0.6 is 38.8 Å². The maximum Gasteiger partial charge on any atom is 0.217 e. The SMILES string of the molecule is CC(C)(C)c1nnsc1C(=O)c1sccc1Br. The van der Waals surface area contributed by atoms with E-state index in [2.05, 4.69) is 25.5 Å². The lowest BCUT2D eigenvalue weighted by atomic mass is 9.90. The standard InChI is InChI=1S/C11H11BrN2OS2/c1-11(2,3)10-9(17-14-13-10)7(15)8-6(12)4-5-16-8/h4-5H,1-3H3. The van der Waals surface area contributed by atoms with E-state index in [0.717, 1.165) is 10.2 Å². The van der Waals surface area contributed by atoms with Gasteiger partial charge < -0.3 is 0 Å². The molecule has 0 atom stereocenters. The van der Waals surface area contributed by atoms with E-state index in [0.29, 0.717) is 9.75 Å². The number of nitrogens with zero attached hydrogens (tertiary/aromatic N) is 2. The topological polar surface area (TPSA) is 42.9 Å². The fourth-order valence-corrected chi connectivity index (χ4v) is 3.77. The fraction of sp³-hybridized carbons (Fsp3) is 0.364. The molecule has 90 valence electrons. The number of hydrogen-bond donors (Lipinski definition) is 0. The molecule has 2 heterocycles. The van der Waals surface area contributed by atoms with Gasteiger partial charge in [-0.15, -0.1) is 16.4 Å². The molecule has 0 unspecified atom stereocenters. The van der Waals surface area contributed by atoms with Crippen LogP contribution < -0.4 is 0 Å². The number of carbonyl (C=O) groups is 1. The van der Waals surface area contributed by atoms with E-state index in [9.17, 15) is 4.79 Å². The molecular formula is C11H11BrN2OS2. The number of ketones is 1. The highest BCUT2D eigenvalue weighted by molar-refractivity contribution is 9.10. The maximum atomic E-state index is 12.4. The minimum absolute atomic E-state index is 0.00630. The van der Waals surface area contributed by atoms with Gasteiger partial charge in [-0.25, -0.2) is 0 Å². The molecule has 2 aromatic heterocycles. The second-order valence-electron chi connectivity index (χ2n) is 4.63. The van der Waals surface area contributed by atoms with Gasteiger partial charge in [0.15, 0.2) is 0 Å². The van der Waals surface area contributed by atoms with Gasteiger partial charge in [-0.05, 0) is 38.9 Å². The Labute approximate surface area is 116 Å². The number of halogens is 1. The van der Waals surface area contributed by atoms with E-state index in [4.69, 9.17) is 0 Å². The monoisotopic (exact) mass is 330 g/mol. The third-order valence-electron chi connectivity index (χ3n) is 2.23. The van der Waals surface area contributed by atoms with Crippen molar-refractivity contribution in [3.05, 3.63) is 31.4 Å². The first-order valence-electron chi connectivity index (χ1n) is 5.02. The Hall–Kier alpha value is -0.590. The Morgan fingerprint density at radius 1 is 1.35 bits per heavy atom. The zero-order valence-corrected chi connectivity index (χ0v) is 12.9. The van der Waals surface area contributed by atoms with Crippen molar-refractivity contribution in [2.24, 2.45) is 0 Å². The number of rotatable bonds is 2. The van der Waals surface area contributed by atoms with Crippen LogP contribution in [0.3, 0.4) is 0 Å². The van der Waals surface area contributed by atoms with Gasteiger partial charge in [-0.1, -0.05) is 25.3 Å². The van der Waals surface area contributed by atoms with Crippen molar-refractivity contribution in [1.82, 2.24) is 9.59 Å². The highest BCUT2D eigenvalue weighted by Crippen LogP contribution is 2.31. The van der Waals surface area contributed by atoms with Crippen LogP contribution in [0.4, 0.5) is 0 Å². The smallest absolute Gasteiger partial charge is 0.217 e. The van der Waals surface area contributed by atoms with Crippen molar-refractivity contribution in [2.75, 3.05) is 0 Å². The van der Waals surface area contributed by atoms with Crippen LogP contribution in [0.2, 0.25) is 0 Å². The number of hydrogen-bond acceptors (Lipinski definition) is 5. The number of carbonyl (C=O) groups excluding carboxylic acids is 1. The lowest BCUT2D eigenvalue weighted by molar-refractivity contribution is 0.104. The van der Waals surface area contributed by atoms with Crippen molar-refractivity contribution in [2.45, 2.75) is 26.2 Å². The first kappa shape index (κ1) is 12.9. The summed E-state index contributed by atoms with van der Waals surface area (Å²) in [5.74, 6) is 0.00630. The highest BCUT2D eigenvalue weighted by atomic mass is 79.9. The maximum absolute atomic E-state index is 12.4. The van der Waals surface area contributed by atoms with E-state index in [-0.39, 0.29) is 11.2 Å². The molecule has 0 bridgehead atoms. The third-order valence-corrected chi connectivity index (χ3v) is 4.79. The van der Waals surface area contributed by atoms with Crippen LogP contribution in [-0.2, 0) is 5.41 Å². The van der Waals surface area contributed by atoms with Crippen LogP contribution in [0.1, 0.15) is 41.0 Å². The van der Waals surface area contributed by atoms with Crippen LogP contribution in [-0.4, -0.2) is 15.4 Å². The fourth-order valence-electron chi connectivity index (χ4n) is 1.39. The molecule has 2 aromatic rings. The summed E-state index contributed by atoms with van der Waals surface area (Å²) in [6, 6.07) is 1.88. The largest absolute Gasteiger partial charge is 0.287 e. The quantitative estimate of drug-likeness (QED) is 0.784. The van der Waals surface area contributed by atoms with Gasteiger partial charge in [0.2, 0.25) is 5.78 Å². The molecule has 0 aromatic carbocycles. The number of aromatic nitrogens is 2. The molecule has 0 aliphatic carbocycles. The third kappa shape index (κ3) is 2.48. The van der Waals surface area contributed by atoms with Crippen molar-refractivity contribution < 1.29 is 4.79 Å². The summed E-state index contributed by atoms with van der Waals surface area (Å²) < 4.78 is 4.74. The molecule has 0 radical (unpaired) electrons. The van der Waals surface area contributed by atoms with Crippen LogP contribution in [0.15, 0.2) is 15.9 Å². The second kappa shape index (κ2) is 4.59. The zero-order valence-electron chi connectivity index (χ0n) is 9.65. The predicted molar refractivity (Wildman–Crippen MR) is 74.1 cm³/mol. The summed E-state index contributed by atoms with van der Waals surface area (Å²) in [7, 11) is 0. The van der Waals surface area contributed by atoms with E-state index in [1.54, 1.807) is 0 Å². The Balaban J connectivity index is 2.46. The summed E-state index contributed by atoms with van der Waals surface area (Å²) in [5, 5.41) is 5.98. The van der Waals surface area contributed by atoms with Gasteiger partial charge in [-0.2, -0.15) is 0 Å². The molecule has 0 spiro atoms. The molecule has 6 heteroatoms. The minimum Gasteiger partial charge on any atom is -0.287 e. The molecule has 0 saturated carbocycles. The van der Waals surface area contributed by atoms with Crippen LogP contribution in [0.5, 0.6) is 0 Å². The predicted octanol–water partition coefficient (Wildman–Crippen LogP) is 3.89. The Kier molecular flexibility index (Phi) is 3.47. The Morgan fingerprint density at radius 2 is 2.06 bits per heavy atom. The van der Waals surface area contributed by atoms with Gasteiger partial charge in [-0.3, -0.25) is 4.79 Å². The first-order valence-corrected chi connectivity index (χ1v) is 7.46. The average Bonchev–Trinajstić information content (AvgIpc) is 2.82. The van der Waals surface area contributed by atoms with E-state index >= 15 is 0 Å². The zero-order chi connectivity index (χ0) is 12.6. The summed E-state index contributed by atoms with van der Waals surface area (Å²) in [6.45, 7) is 6.10. The molecule has 0 saturated heterocycles. The Morgan fingerprint density at radius 3 is 2.59 bits per heavy atom.